The zero-order chi connectivity index (χ0) is 18.4. The van der Waals surface area contributed by atoms with Crippen LogP contribution in [-0.2, 0) is 4.79 Å². The predicted octanol–water partition coefficient (Wildman–Crippen LogP) is 1.83. The van der Waals surface area contributed by atoms with E-state index in [1.807, 2.05) is 13.0 Å². The minimum Gasteiger partial charge on any atom is -0.398 e. The number of nitrogens with one attached hydrogen (secondary N) is 2. The number of amides is 3. The van der Waals surface area contributed by atoms with Gasteiger partial charge in [-0.1, -0.05) is 0 Å². The number of fused-ring (bicyclic) bond motifs is 1. The summed E-state index contributed by atoms with van der Waals surface area (Å²) in [6.07, 6.45) is 2.20. The van der Waals surface area contributed by atoms with Crippen LogP contribution in [0.25, 0.3) is 10.8 Å². The highest BCUT2D eigenvalue weighted by Crippen LogP contribution is 2.38. The minimum atomic E-state index is -0.261. The Morgan fingerprint density at radius 3 is 2.92 bits per heavy atom. The highest BCUT2D eigenvalue weighted by Gasteiger charge is 2.43. The van der Waals surface area contributed by atoms with E-state index in [2.05, 4.69) is 21.7 Å². The maximum absolute atomic E-state index is 12.1. The number of anilines is 3. The van der Waals surface area contributed by atoms with Crippen molar-refractivity contribution in [3.05, 3.63) is 24.4 Å². The molecule has 132 valence electrons. The molecule has 1 saturated carbocycles. The van der Waals surface area contributed by atoms with Crippen LogP contribution in [0.3, 0.4) is 0 Å². The van der Waals surface area contributed by atoms with Crippen molar-refractivity contribution in [3.63, 3.8) is 0 Å². The zero-order valence-corrected chi connectivity index (χ0v) is 14.2. The number of hydrogen-bond acceptors (Lipinski definition) is 5. The average Bonchev–Trinajstić information content (AvgIpc) is 3.33. The van der Waals surface area contributed by atoms with E-state index in [0.717, 1.165) is 10.8 Å². The molecule has 26 heavy (non-hydrogen) atoms. The largest absolute Gasteiger partial charge is 0.398 e. The van der Waals surface area contributed by atoms with Gasteiger partial charge in [0.25, 0.3) is 0 Å². The summed E-state index contributed by atoms with van der Waals surface area (Å²) in [4.78, 5) is 30.1. The van der Waals surface area contributed by atoms with Crippen molar-refractivity contribution in [1.82, 2.24) is 10.3 Å². The molecule has 0 bridgehead atoms. The Bertz CT molecular complexity index is 966. The van der Waals surface area contributed by atoms with Crippen LogP contribution in [-0.4, -0.2) is 29.5 Å². The van der Waals surface area contributed by atoms with Gasteiger partial charge in [-0.05, 0) is 36.9 Å². The third kappa shape index (κ3) is 2.67. The Labute approximate surface area is 150 Å². The maximum atomic E-state index is 12.1. The van der Waals surface area contributed by atoms with E-state index in [9.17, 15) is 9.59 Å². The van der Waals surface area contributed by atoms with Gasteiger partial charge in [0.15, 0.2) is 0 Å². The van der Waals surface area contributed by atoms with Crippen molar-refractivity contribution in [2.45, 2.75) is 19.4 Å². The average molecular weight is 350 g/mol. The molecule has 2 unspecified atom stereocenters. The van der Waals surface area contributed by atoms with Gasteiger partial charge in [0.05, 0.1) is 23.9 Å². The standard InChI is InChI=1S/C18H18N6O2/c1-9-7-22-18(26)24(9)12-2-10-4-16(21-8-14(10)15(20)5-12)23-17(25)13-3-11(13)6-19/h2,4-5,8-9,11,13H,3,7,20H2,1H3,(H,22,26)(H,21,23,25)/t9?,11-,13?/m0/s1. The molecule has 1 saturated heterocycles. The fourth-order valence-electron chi connectivity index (χ4n) is 3.31. The number of nitrogens with zero attached hydrogens (tertiary/aromatic N) is 3. The van der Waals surface area contributed by atoms with Crippen LogP contribution in [0, 0.1) is 23.2 Å². The first-order valence-electron chi connectivity index (χ1n) is 8.44. The molecule has 0 radical (unpaired) electrons. The Morgan fingerprint density at radius 2 is 2.27 bits per heavy atom. The van der Waals surface area contributed by atoms with Gasteiger partial charge in [-0.3, -0.25) is 9.69 Å². The number of benzene rings is 1. The molecule has 8 nitrogen and oxygen atoms in total. The van der Waals surface area contributed by atoms with Crippen molar-refractivity contribution in [2.24, 2.45) is 11.8 Å². The van der Waals surface area contributed by atoms with E-state index in [0.29, 0.717) is 30.2 Å². The summed E-state index contributed by atoms with van der Waals surface area (Å²) < 4.78 is 0. The topological polar surface area (TPSA) is 124 Å². The van der Waals surface area contributed by atoms with E-state index in [4.69, 9.17) is 11.0 Å². The first-order valence-corrected chi connectivity index (χ1v) is 8.44. The highest BCUT2D eigenvalue weighted by atomic mass is 16.2. The number of nitrogens with two attached hydrogens (primary N) is 1. The molecule has 2 fully saturated rings. The van der Waals surface area contributed by atoms with Gasteiger partial charge in [-0.2, -0.15) is 5.26 Å². The number of carbonyl (C=O) groups is 2. The Balaban J connectivity index is 1.65. The minimum absolute atomic E-state index is 0.0261. The lowest BCUT2D eigenvalue weighted by Gasteiger charge is -2.21. The predicted molar refractivity (Wildman–Crippen MR) is 97.3 cm³/mol. The van der Waals surface area contributed by atoms with Crippen LogP contribution in [0.5, 0.6) is 0 Å². The Morgan fingerprint density at radius 1 is 1.46 bits per heavy atom. The molecule has 3 atom stereocenters. The summed E-state index contributed by atoms with van der Waals surface area (Å²) in [6, 6.07) is 7.32. The Kier molecular flexibility index (Phi) is 3.65. The third-order valence-electron chi connectivity index (χ3n) is 4.88. The van der Waals surface area contributed by atoms with Crippen molar-refractivity contribution in [3.8, 4) is 6.07 Å². The number of rotatable bonds is 3. The van der Waals surface area contributed by atoms with Crippen LogP contribution in [0.1, 0.15) is 13.3 Å². The molecule has 2 aliphatic rings. The molecular weight excluding hydrogens is 332 g/mol. The summed E-state index contributed by atoms with van der Waals surface area (Å²) in [6.45, 7) is 2.54. The van der Waals surface area contributed by atoms with Gasteiger partial charge in [0.1, 0.15) is 5.82 Å². The molecule has 1 aliphatic heterocycles. The lowest BCUT2D eigenvalue weighted by Crippen LogP contribution is -2.32. The van der Waals surface area contributed by atoms with E-state index in [1.165, 1.54) is 0 Å². The van der Waals surface area contributed by atoms with Gasteiger partial charge in [-0.15, -0.1) is 0 Å². The molecule has 4 N–H and O–H groups in total. The molecule has 1 aromatic carbocycles. The van der Waals surface area contributed by atoms with Gasteiger partial charge >= 0.3 is 6.03 Å². The van der Waals surface area contributed by atoms with Crippen LogP contribution >= 0.6 is 0 Å². The van der Waals surface area contributed by atoms with Crippen molar-refractivity contribution < 1.29 is 9.59 Å². The molecule has 3 amide bonds. The number of pyridine rings is 1. The molecule has 1 aromatic heterocycles. The van der Waals surface area contributed by atoms with Gasteiger partial charge in [0, 0.05) is 29.5 Å². The molecule has 8 heteroatoms. The summed E-state index contributed by atoms with van der Waals surface area (Å²) >= 11 is 0. The first-order chi connectivity index (χ1) is 12.5. The van der Waals surface area contributed by atoms with Crippen molar-refractivity contribution >= 4 is 39.9 Å². The normalized spacial score (nSPS) is 24.2. The second-order valence-electron chi connectivity index (χ2n) is 6.80. The number of nitrogen functional groups attached to an aromatic ring is 1. The van der Waals surface area contributed by atoms with Crippen LogP contribution in [0.15, 0.2) is 24.4 Å². The quantitative estimate of drug-likeness (QED) is 0.729. The highest BCUT2D eigenvalue weighted by molar-refractivity contribution is 6.03. The molecule has 2 heterocycles. The summed E-state index contributed by atoms with van der Waals surface area (Å²) in [7, 11) is 0. The zero-order valence-electron chi connectivity index (χ0n) is 14.2. The Hall–Kier alpha value is -3.34. The van der Waals surface area contributed by atoms with Gasteiger partial charge in [-0.25, -0.2) is 9.78 Å². The van der Waals surface area contributed by atoms with Crippen molar-refractivity contribution in [1.29, 1.82) is 5.26 Å². The van der Waals surface area contributed by atoms with Crippen molar-refractivity contribution in [2.75, 3.05) is 22.5 Å². The van der Waals surface area contributed by atoms with Crippen LogP contribution in [0.2, 0.25) is 0 Å². The monoisotopic (exact) mass is 350 g/mol. The van der Waals surface area contributed by atoms with Gasteiger partial charge in [0.2, 0.25) is 5.91 Å². The van der Waals surface area contributed by atoms with E-state index in [-0.39, 0.29) is 29.8 Å². The number of hydrogen-bond donors (Lipinski definition) is 3. The number of nitriles is 1. The van der Waals surface area contributed by atoms with E-state index in [1.54, 1.807) is 23.2 Å². The lowest BCUT2D eigenvalue weighted by molar-refractivity contribution is -0.117. The SMILES string of the molecule is CC1CNC(=O)N1c1cc(N)c2cnc(NC(=O)C3C[C@H]3C#N)cc2c1. The fraction of sp³-hybridized carbons (Fsp3) is 0.333. The lowest BCUT2D eigenvalue weighted by atomic mass is 10.1. The number of urea groups is 1. The second-order valence-corrected chi connectivity index (χ2v) is 6.80. The summed E-state index contributed by atoms with van der Waals surface area (Å²) in [5.74, 6) is -0.252. The summed E-state index contributed by atoms with van der Waals surface area (Å²) in [5.41, 5.74) is 7.36. The smallest absolute Gasteiger partial charge is 0.322 e. The third-order valence-corrected chi connectivity index (χ3v) is 4.88. The maximum Gasteiger partial charge on any atom is 0.322 e. The van der Waals surface area contributed by atoms with Crippen LogP contribution in [0.4, 0.5) is 22.0 Å². The van der Waals surface area contributed by atoms with Gasteiger partial charge < -0.3 is 16.4 Å². The molecule has 0 spiro atoms. The summed E-state index contributed by atoms with van der Waals surface area (Å²) in [5, 5.41) is 15.9. The molecule has 2 aromatic rings. The van der Waals surface area contributed by atoms with Crippen LogP contribution < -0.4 is 21.3 Å². The first kappa shape index (κ1) is 16.1. The second kappa shape index (κ2) is 5.88. The molecule has 4 rings (SSSR count). The molecular formula is C18H18N6O2. The fourth-order valence-corrected chi connectivity index (χ4v) is 3.31. The number of carbonyl (C=O) groups excluding carboxylic acids is 2. The van der Waals surface area contributed by atoms with E-state index < -0.39 is 0 Å². The van der Waals surface area contributed by atoms with E-state index >= 15 is 0 Å². The molecule has 1 aliphatic carbocycles. The number of aromatic nitrogens is 1.